The molecule has 3 amide bonds. The SMILES string of the molecule is CC(NC(=O)C1CCCN1C(=O)C(C)NC(=O)C(N)Cc1ccccc1)C(=O)O. The summed E-state index contributed by atoms with van der Waals surface area (Å²) in [6.45, 7) is 3.27. The highest BCUT2D eigenvalue weighted by atomic mass is 16.4. The molecule has 0 spiro atoms. The Morgan fingerprint density at radius 1 is 1.14 bits per heavy atom. The van der Waals surface area contributed by atoms with Crippen LogP contribution in [0.15, 0.2) is 30.3 Å². The first-order valence-corrected chi connectivity index (χ1v) is 9.64. The van der Waals surface area contributed by atoms with Crippen molar-refractivity contribution in [3.63, 3.8) is 0 Å². The zero-order valence-corrected chi connectivity index (χ0v) is 16.6. The van der Waals surface area contributed by atoms with Gasteiger partial charge < -0.3 is 26.4 Å². The van der Waals surface area contributed by atoms with E-state index in [1.165, 1.54) is 11.8 Å². The van der Waals surface area contributed by atoms with Crippen LogP contribution in [0.5, 0.6) is 0 Å². The van der Waals surface area contributed by atoms with Gasteiger partial charge in [-0.3, -0.25) is 19.2 Å². The molecule has 1 aromatic carbocycles. The van der Waals surface area contributed by atoms with Gasteiger partial charge in [0, 0.05) is 6.54 Å². The van der Waals surface area contributed by atoms with Gasteiger partial charge in [0.05, 0.1) is 6.04 Å². The van der Waals surface area contributed by atoms with E-state index in [1.807, 2.05) is 30.3 Å². The highest BCUT2D eigenvalue weighted by Crippen LogP contribution is 2.19. The molecular weight excluding hydrogens is 376 g/mol. The molecule has 1 aliphatic heterocycles. The van der Waals surface area contributed by atoms with Crippen LogP contribution in [-0.2, 0) is 25.6 Å². The average Bonchev–Trinajstić information content (AvgIpc) is 3.17. The van der Waals surface area contributed by atoms with Crippen molar-refractivity contribution < 1.29 is 24.3 Å². The first-order valence-electron chi connectivity index (χ1n) is 9.64. The minimum atomic E-state index is -1.15. The summed E-state index contributed by atoms with van der Waals surface area (Å²) < 4.78 is 0. The van der Waals surface area contributed by atoms with E-state index in [2.05, 4.69) is 10.6 Å². The number of benzene rings is 1. The molecule has 0 saturated carbocycles. The number of carbonyl (C=O) groups is 4. The van der Waals surface area contributed by atoms with Crippen molar-refractivity contribution in [3.8, 4) is 0 Å². The molecule has 9 heteroatoms. The minimum Gasteiger partial charge on any atom is -0.480 e. The van der Waals surface area contributed by atoms with E-state index < -0.39 is 47.9 Å². The predicted octanol–water partition coefficient (Wildman–Crippen LogP) is -0.359. The van der Waals surface area contributed by atoms with E-state index in [-0.39, 0.29) is 0 Å². The van der Waals surface area contributed by atoms with Crippen LogP contribution in [0, 0.1) is 0 Å². The molecule has 158 valence electrons. The van der Waals surface area contributed by atoms with Gasteiger partial charge in [0.2, 0.25) is 17.7 Å². The fourth-order valence-electron chi connectivity index (χ4n) is 3.27. The number of rotatable bonds is 8. The molecule has 9 nitrogen and oxygen atoms in total. The number of hydrogen-bond donors (Lipinski definition) is 4. The van der Waals surface area contributed by atoms with Gasteiger partial charge in [-0.05, 0) is 38.7 Å². The van der Waals surface area contributed by atoms with E-state index in [4.69, 9.17) is 10.8 Å². The Morgan fingerprint density at radius 2 is 1.79 bits per heavy atom. The number of nitrogens with one attached hydrogen (secondary N) is 2. The second-order valence-electron chi connectivity index (χ2n) is 7.28. The lowest BCUT2D eigenvalue weighted by atomic mass is 10.1. The zero-order valence-electron chi connectivity index (χ0n) is 16.6. The van der Waals surface area contributed by atoms with Crippen LogP contribution in [0.3, 0.4) is 0 Å². The third kappa shape index (κ3) is 6.02. The summed E-state index contributed by atoms with van der Waals surface area (Å²) in [6.07, 6.45) is 1.41. The van der Waals surface area contributed by atoms with Gasteiger partial charge in [-0.1, -0.05) is 30.3 Å². The summed E-state index contributed by atoms with van der Waals surface area (Å²) >= 11 is 0. The third-order valence-electron chi connectivity index (χ3n) is 4.93. The molecule has 1 aliphatic rings. The molecule has 1 fully saturated rings. The topological polar surface area (TPSA) is 142 Å². The maximum absolute atomic E-state index is 12.8. The number of likely N-dealkylation sites (tertiary alicyclic amines) is 1. The Kier molecular flexibility index (Phi) is 7.72. The first kappa shape index (κ1) is 22.4. The van der Waals surface area contributed by atoms with Crippen LogP contribution in [0.1, 0.15) is 32.3 Å². The number of amides is 3. The van der Waals surface area contributed by atoms with Crippen LogP contribution in [0.4, 0.5) is 0 Å². The van der Waals surface area contributed by atoms with Crippen LogP contribution < -0.4 is 16.4 Å². The number of carboxylic acid groups (broad SMARTS) is 1. The Bertz CT molecular complexity index is 754. The molecule has 0 aromatic heterocycles. The fraction of sp³-hybridized carbons (Fsp3) is 0.500. The highest BCUT2D eigenvalue weighted by molar-refractivity contribution is 5.94. The number of nitrogens with two attached hydrogens (primary N) is 1. The molecule has 0 bridgehead atoms. The number of carbonyl (C=O) groups excluding carboxylic acids is 3. The Hall–Kier alpha value is -2.94. The molecule has 5 N–H and O–H groups in total. The predicted molar refractivity (Wildman–Crippen MR) is 106 cm³/mol. The van der Waals surface area contributed by atoms with E-state index in [1.54, 1.807) is 6.92 Å². The molecule has 0 aliphatic carbocycles. The Morgan fingerprint density at radius 3 is 2.41 bits per heavy atom. The Labute approximate surface area is 169 Å². The van der Waals surface area contributed by atoms with Crippen LogP contribution in [-0.4, -0.2) is 64.4 Å². The van der Waals surface area contributed by atoms with Crippen molar-refractivity contribution >= 4 is 23.7 Å². The highest BCUT2D eigenvalue weighted by Gasteiger charge is 2.37. The van der Waals surface area contributed by atoms with Crippen LogP contribution in [0.25, 0.3) is 0 Å². The van der Waals surface area contributed by atoms with Gasteiger partial charge in [0.1, 0.15) is 18.1 Å². The molecule has 4 atom stereocenters. The molecule has 0 radical (unpaired) electrons. The minimum absolute atomic E-state index is 0.343. The van der Waals surface area contributed by atoms with Crippen molar-refractivity contribution in [3.05, 3.63) is 35.9 Å². The first-order chi connectivity index (χ1) is 13.7. The molecule has 1 aromatic rings. The van der Waals surface area contributed by atoms with Gasteiger partial charge in [-0.2, -0.15) is 0 Å². The second-order valence-corrected chi connectivity index (χ2v) is 7.28. The van der Waals surface area contributed by atoms with Crippen LogP contribution >= 0.6 is 0 Å². The quantitative estimate of drug-likeness (QED) is 0.466. The lowest BCUT2D eigenvalue weighted by Crippen LogP contribution is -2.55. The normalized spacial score (nSPS) is 19.1. The fourth-order valence-corrected chi connectivity index (χ4v) is 3.27. The number of hydrogen-bond acceptors (Lipinski definition) is 5. The summed E-state index contributed by atoms with van der Waals surface area (Å²) in [5.41, 5.74) is 6.87. The Balaban J connectivity index is 1.93. The molecule has 1 saturated heterocycles. The lowest BCUT2D eigenvalue weighted by molar-refractivity contribution is -0.144. The van der Waals surface area contributed by atoms with Crippen molar-refractivity contribution in [2.45, 2.75) is 57.3 Å². The monoisotopic (exact) mass is 404 g/mol. The van der Waals surface area contributed by atoms with E-state index in [9.17, 15) is 19.2 Å². The second kappa shape index (κ2) is 10.0. The lowest BCUT2D eigenvalue weighted by Gasteiger charge is -2.28. The van der Waals surface area contributed by atoms with Gasteiger partial charge in [0.25, 0.3) is 0 Å². The standard InChI is InChI=1S/C20H28N4O5/c1-12(22-17(25)15(21)11-14-7-4-3-5-8-14)19(27)24-10-6-9-16(24)18(26)23-13(2)20(28)29/h3-5,7-8,12-13,15-16H,6,9-11,21H2,1-2H3,(H,22,25)(H,23,26)(H,28,29). The van der Waals surface area contributed by atoms with E-state index in [0.717, 1.165) is 5.56 Å². The van der Waals surface area contributed by atoms with Crippen molar-refractivity contribution in [2.24, 2.45) is 5.73 Å². The summed E-state index contributed by atoms with van der Waals surface area (Å²) in [7, 11) is 0. The van der Waals surface area contributed by atoms with Gasteiger partial charge in [-0.15, -0.1) is 0 Å². The summed E-state index contributed by atoms with van der Waals surface area (Å²) in [5.74, 6) is -2.51. The molecule has 1 heterocycles. The van der Waals surface area contributed by atoms with Gasteiger partial charge in [-0.25, -0.2) is 0 Å². The van der Waals surface area contributed by atoms with Gasteiger partial charge >= 0.3 is 5.97 Å². The average molecular weight is 404 g/mol. The summed E-state index contributed by atoms with van der Waals surface area (Å²) in [5, 5.41) is 13.9. The summed E-state index contributed by atoms with van der Waals surface area (Å²) in [6, 6.07) is 5.87. The third-order valence-corrected chi connectivity index (χ3v) is 4.93. The molecular formula is C20H28N4O5. The maximum Gasteiger partial charge on any atom is 0.325 e. The molecule has 2 rings (SSSR count). The number of aliphatic carboxylic acids is 1. The number of carboxylic acids is 1. The summed E-state index contributed by atoms with van der Waals surface area (Å²) in [4.78, 5) is 49.8. The largest absolute Gasteiger partial charge is 0.480 e. The van der Waals surface area contributed by atoms with E-state index >= 15 is 0 Å². The van der Waals surface area contributed by atoms with Crippen molar-refractivity contribution in [1.29, 1.82) is 0 Å². The van der Waals surface area contributed by atoms with Gasteiger partial charge in [0.15, 0.2) is 0 Å². The van der Waals surface area contributed by atoms with Crippen molar-refractivity contribution in [1.82, 2.24) is 15.5 Å². The zero-order chi connectivity index (χ0) is 21.6. The number of nitrogens with zero attached hydrogens (tertiary/aromatic N) is 1. The molecule has 4 unspecified atom stereocenters. The molecule has 29 heavy (non-hydrogen) atoms. The maximum atomic E-state index is 12.8. The smallest absolute Gasteiger partial charge is 0.325 e. The van der Waals surface area contributed by atoms with Crippen LogP contribution in [0.2, 0.25) is 0 Å². The van der Waals surface area contributed by atoms with Crippen molar-refractivity contribution in [2.75, 3.05) is 6.54 Å². The van der Waals surface area contributed by atoms with E-state index in [0.29, 0.717) is 25.8 Å².